The maximum Gasteiger partial charge on any atom is 0.258 e. The molecule has 0 fully saturated rings. The van der Waals surface area contributed by atoms with E-state index in [9.17, 15) is 4.79 Å². The Balaban J connectivity index is 1.50. The molecule has 1 atom stereocenters. The van der Waals surface area contributed by atoms with Gasteiger partial charge in [0.25, 0.3) is 5.91 Å². The number of hydrogen-bond donors (Lipinski definition) is 0. The summed E-state index contributed by atoms with van der Waals surface area (Å²) in [6, 6.07) is 5.17. The lowest BCUT2D eigenvalue weighted by Gasteiger charge is -2.33. The number of benzene rings is 1. The lowest BCUT2D eigenvalue weighted by atomic mass is 10.1. The van der Waals surface area contributed by atoms with Crippen LogP contribution in [0.3, 0.4) is 0 Å². The van der Waals surface area contributed by atoms with Crippen molar-refractivity contribution < 1.29 is 9.21 Å². The number of carbonyl (C=O) groups is 1. The number of aromatic nitrogens is 6. The Kier molecular flexibility index (Phi) is 3.54. The second-order valence-corrected chi connectivity index (χ2v) is 7.11. The lowest BCUT2D eigenvalue weighted by molar-refractivity contribution is 0.0639. The third kappa shape index (κ3) is 2.44. The number of hydrogen-bond acceptors (Lipinski definition) is 8. The fourth-order valence-corrected chi connectivity index (χ4v) is 4.08. The van der Waals surface area contributed by atoms with Crippen molar-refractivity contribution in [1.82, 2.24) is 34.0 Å². The van der Waals surface area contributed by atoms with Gasteiger partial charge in [0.2, 0.25) is 0 Å². The number of para-hydroxylation sites is 1. The molecule has 1 aromatic carbocycles. The van der Waals surface area contributed by atoms with Gasteiger partial charge in [0.05, 0.1) is 11.6 Å². The molecule has 27 heavy (non-hydrogen) atoms. The van der Waals surface area contributed by atoms with Crippen molar-refractivity contribution in [2.75, 3.05) is 6.54 Å². The average molecular weight is 381 g/mol. The second kappa shape index (κ2) is 5.95. The van der Waals surface area contributed by atoms with Gasteiger partial charge in [-0.05, 0) is 37.5 Å². The lowest BCUT2D eigenvalue weighted by Crippen LogP contribution is -2.41. The predicted octanol–water partition coefficient (Wildman–Crippen LogP) is 2.46. The molecule has 0 spiro atoms. The Morgan fingerprint density at radius 1 is 1.30 bits per heavy atom. The minimum Gasteiger partial charge on any atom is -0.443 e. The Labute approximate surface area is 157 Å². The molecule has 9 nitrogen and oxygen atoms in total. The average Bonchev–Trinajstić information content (AvgIpc) is 3.39. The van der Waals surface area contributed by atoms with Crippen LogP contribution in [-0.4, -0.2) is 46.5 Å². The zero-order valence-electron chi connectivity index (χ0n) is 14.7. The summed E-state index contributed by atoms with van der Waals surface area (Å²) in [6.07, 6.45) is 1.36. The highest BCUT2D eigenvalue weighted by molar-refractivity contribution is 7.09. The maximum absolute atomic E-state index is 13.2. The summed E-state index contributed by atoms with van der Waals surface area (Å²) in [5.41, 5.74) is 1.68. The molecule has 136 valence electrons. The molecule has 10 heteroatoms. The largest absolute Gasteiger partial charge is 0.443 e. The first-order valence-corrected chi connectivity index (χ1v) is 9.28. The van der Waals surface area contributed by atoms with Crippen molar-refractivity contribution in [2.24, 2.45) is 0 Å². The monoisotopic (exact) mass is 381 g/mol. The molecule has 0 bridgehead atoms. The minimum atomic E-state index is -0.223. The summed E-state index contributed by atoms with van der Waals surface area (Å²) in [5, 5.41) is 9.36. The van der Waals surface area contributed by atoms with Gasteiger partial charge in [0.15, 0.2) is 28.6 Å². The summed E-state index contributed by atoms with van der Waals surface area (Å²) in [5.74, 6) is 2.05. The number of aryl methyl sites for hydroxylation is 1. The molecule has 1 aliphatic heterocycles. The molecule has 3 aromatic heterocycles. The summed E-state index contributed by atoms with van der Waals surface area (Å²) in [4.78, 5) is 23.5. The van der Waals surface area contributed by atoms with Crippen LogP contribution >= 0.6 is 11.5 Å². The van der Waals surface area contributed by atoms with E-state index < -0.39 is 0 Å². The molecule has 5 rings (SSSR count). The van der Waals surface area contributed by atoms with E-state index in [0.717, 1.165) is 10.8 Å². The third-order valence-corrected chi connectivity index (χ3v) is 5.55. The number of amides is 1. The Morgan fingerprint density at radius 3 is 3.00 bits per heavy atom. The van der Waals surface area contributed by atoms with Crippen LogP contribution in [0.1, 0.15) is 35.0 Å². The molecule has 0 unspecified atom stereocenters. The quantitative estimate of drug-likeness (QED) is 0.525. The van der Waals surface area contributed by atoms with Crippen LogP contribution in [0.5, 0.6) is 0 Å². The van der Waals surface area contributed by atoms with Crippen molar-refractivity contribution in [3.8, 4) is 10.8 Å². The van der Waals surface area contributed by atoms with Crippen LogP contribution in [0.4, 0.5) is 0 Å². The summed E-state index contributed by atoms with van der Waals surface area (Å²) >= 11 is 1.30. The zero-order chi connectivity index (χ0) is 18.5. The molecule has 4 aromatic rings. The van der Waals surface area contributed by atoms with Crippen molar-refractivity contribution in [2.45, 2.75) is 26.4 Å². The standard InChI is InChI=1S/C17H15N7O2S/c1-9-14-20-21-15(16-19-10(2)22-27-16)24(14)7-6-23(9)17(25)11-4-3-5-12-13(11)26-8-18-12/h3-5,8-9H,6-7H2,1-2H3/t9-/m1/s1. The molecule has 1 amide bonds. The molecular weight excluding hydrogens is 366 g/mol. The highest BCUT2D eigenvalue weighted by Crippen LogP contribution is 2.31. The summed E-state index contributed by atoms with van der Waals surface area (Å²) < 4.78 is 11.7. The first kappa shape index (κ1) is 16.1. The molecule has 0 radical (unpaired) electrons. The van der Waals surface area contributed by atoms with E-state index in [2.05, 4.69) is 24.5 Å². The zero-order valence-corrected chi connectivity index (χ0v) is 15.5. The van der Waals surface area contributed by atoms with E-state index in [1.807, 2.05) is 30.5 Å². The van der Waals surface area contributed by atoms with E-state index in [1.54, 1.807) is 11.0 Å². The first-order valence-electron chi connectivity index (χ1n) is 8.50. The van der Waals surface area contributed by atoms with Gasteiger partial charge in [-0.25, -0.2) is 9.97 Å². The van der Waals surface area contributed by atoms with Gasteiger partial charge in [-0.15, -0.1) is 10.2 Å². The van der Waals surface area contributed by atoms with E-state index in [4.69, 9.17) is 4.42 Å². The highest BCUT2D eigenvalue weighted by atomic mass is 32.1. The van der Waals surface area contributed by atoms with Gasteiger partial charge in [0.1, 0.15) is 11.3 Å². The molecule has 0 aliphatic carbocycles. The third-order valence-electron chi connectivity index (χ3n) is 4.75. The molecular formula is C17H15N7O2S. The normalized spacial score (nSPS) is 16.7. The Bertz CT molecular complexity index is 1160. The van der Waals surface area contributed by atoms with Gasteiger partial charge in [0, 0.05) is 13.1 Å². The van der Waals surface area contributed by atoms with Crippen LogP contribution in [0.15, 0.2) is 29.0 Å². The van der Waals surface area contributed by atoms with Gasteiger partial charge in [-0.3, -0.25) is 4.79 Å². The minimum absolute atomic E-state index is 0.104. The van der Waals surface area contributed by atoms with Crippen LogP contribution in [0.25, 0.3) is 21.9 Å². The molecule has 0 N–H and O–H groups in total. The van der Waals surface area contributed by atoms with Crippen LogP contribution in [0.2, 0.25) is 0 Å². The highest BCUT2D eigenvalue weighted by Gasteiger charge is 2.33. The fourth-order valence-electron chi connectivity index (χ4n) is 3.42. The second-order valence-electron chi connectivity index (χ2n) is 6.36. The molecule has 0 saturated heterocycles. The molecule has 4 heterocycles. The van der Waals surface area contributed by atoms with Crippen LogP contribution < -0.4 is 0 Å². The number of oxazole rings is 1. The first-order chi connectivity index (χ1) is 13.1. The number of nitrogens with zero attached hydrogens (tertiary/aromatic N) is 7. The Morgan fingerprint density at radius 2 is 2.19 bits per heavy atom. The summed E-state index contributed by atoms with van der Waals surface area (Å²) in [7, 11) is 0. The van der Waals surface area contributed by atoms with Crippen molar-refractivity contribution in [1.29, 1.82) is 0 Å². The van der Waals surface area contributed by atoms with Crippen LogP contribution in [-0.2, 0) is 6.54 Å². The van der Waals surface area contributed by atoms with E-state index in [0.29, 0.717) is 41.4 Å². The van der Waals surface area contributed by atoms with E-state index >= 15 is 0 Å². The van der Waals surface area contributed by atoms with E-state index in [-0.39, 0.29) is 11.9 Å². The van der Waals surface area contributed by atoms with Gasteiger partial charge < -0.3 is 13.9 Å². The number of rotatable bonds is 2. The topological polar surface area (TPSA) is 103 Å². The van der Waals surface area contributed by atoms with E-state index in [1.165, 1.54) is 17.9 Å². The summed E-state index contributed by atoms with van der Waals surface area (Å²) in [6.45, 7) is 4.94. The van der Waals surface area contributed by atoms with Crippen molar-refractivity contribution in [3.05, 3.63) is 41.8 Å². The van der Waals surface area contributed by atoms with Crippen molar-refractivity contribution in [3.63, 3.8) is 0 Å². The number of fused-ring (bicyclic) bond motifs is 2. The maximum atomic E-state index is 13.2. The van der Waals surface area contributed by atoms with Crippen molar-refractivity contribution >= 4 is 28.5 Å². The molecule has 0 saturated carbocycles. The van der Waals surface area contributed by atoms with Gasteiger partial charge in [-0.1, -0.05) is 6.07 Å². The van der Waals surface area contributed by atoms with Gasteiger partial charge >= 0.3 is 0 Å². The SMILES string of the molecule is Cc1nsc(-c2nnc3n2CCN(C(=O)c2cccc4ncoc24)[C@@H]3C)n1. The molecule has 1 aliphatic rings. The van der Waals surface area contributed by atoms with Crippen LogP contribution in [0, 0.1) is 6.92 Å². The Hall–Kier alpha value is -3.14. The predicted molar refractivity (Wildman–Crippen MR) is 97.1 cm³/mol. The fraction of sp³-hybridized carbons (Fsp3) is 0.294. The smallest absolute Gasteiger partial charge is 0.258 e. The van der Waals surface area contributed by atoms with Gasteiger partial charge in [-0.2, -0.15) is 4.37 Å². The number of carbonyl (C=O) groups excluding carboxylic acids is 1.